The van der Waals surface area contributed by atoms with Crippen molar-refractivity contribution >= 4 is 0 Å². The molecule has 0 N–H and O–H groups in total. The Morgan fingerprint density at radius 1 is 0.129 bits per heavy atom. The van der Waals surface area contributed by atoms with Crippen molar-refractivity contribution in [2.24, 2.45) is 0 Å². The fourth-order valence-electron chi connectivity index (χ4n) is 22.0. The molecule has 0 aromatic carbocycles. The van der Waals surface area contributed by atoms with Crippen LogP contribution in [0.5, 0.6) is 0 Å². The molecular formula is C112H210O35. The van der Waals surface area contributed by atoms with Gasteiger partial charge in [0, 0.05) is 146 Å². The summed E-state index contributed by atoms with van der Waals surface area (Å²) in [7, 11) is 22.8. The fourth-order valence-corrected chi connectivity index (χ4v) is 22.0. The summed E-state index contributed by atoms with van der Waals surface area (Å²) in [6.45, 7) is 17.7. The lowest BCUT2D eigenvalue weighted by molar-refractivity contribution is -0.405. The van der Waals surface area contributed by atoms with Gasteiger partial charge in [0.05, 0.1) is 46.2 Å². The molecule has 35 atom stereocenters. The molecule has 35 nitrogen and oxygen atoms in total. The Morgan fingerprint density at radius 3 is 0.340 bits per heavy atom. The smallest absolute Gasteiger partial charge is 0.187 e. The fraction of sp³-hybridized carbons (Fsp3) is 1.00. The number of unbranched alkanes of at least 4 members (excludes halogenated alkanes) is 35. The van der Waals surface area contributed by atoms with Gasteiger partial charge in [0.1, 0.15) is 171 Å². The van der Waals surface area contributed by atoms with Gasteiger partial charge in [-0.3, -0.25) is 0 Å². The van der Waals surface area contributed by atoms with Crippen LogP contribution in [0.2, 0.25) is 0 Å². The zero-order chi connectivity index (χ0) is 106. The van der Waals surface area contributed by atoms with Gasteiger partial charge in [-0.15, -0.1) is 0 Å². The second kappa shape index (κ2) is 78.7. The van der Waals surface area contributed by atoms with Gasteiger partial charge < -0.3 is 166 Å². The van der Waals surface area contributed by atoms with Crippen LogP contribution >= 0.6 is 0 Å². The third kappa shape index (κ3) is 42.0. The van der Waals surface area contributed by atoms with E-state index < -0.39 is 215 Å². The molecule has 0 spiro atoms. The quantitative estimate of drug-likeness (QED) is 0.0511. The minimum absolute atomic E-state index is 0.0146. The molecule has 21 fully saturated rings. The van der Waals surface area contributed by atoms with E-state index in [0.717, 1.165) is 270 Å². The average molecular weight is 2120 g/mol. The van der Waals surface area contributed by atoms with Crippen molar-refractivity contribution in [2.75, 3.05) is 192 Å². The highest BCUT2D eigenvalue weighted by Gasteiger charge is 2.63. The summed E-state index contributed by atoms with van der Waals surface area (Å²) in [5.74, 6) is 0. The molecule has 0 saturated carbocycles. The predicted octanol–water partition coefficient (Wildman–Crippen LogP) is 17.6. The first kappa shape index (κ1) is 131. The molecule has 21 saturated heterocycles. The molecule has 147 heavy (non-hydrogen) atoms. The zero-order valence-electron chi connectivity index (χ0n) is 95.1. The molecule has 21 rings (SSSR count). The molecule has 868 valence electrons. The Hall–Kier alpha value is -1.40. The summed E-state index contributed by atoms with van der Waals surface area (Å²) < 4.78 is 249. The normalized spacial score (nSPS) is 34.7. The maximum Gasteiger partial charge on any atom is 0.187 e. The van der Waals surface area contributed by atoms with E-state index in [1.165, 1.54) is 0 Å². The third-order valence-corrected chi connectivity index (χ3v) is 30.1. The van der Waals surface area contributed by atoms with Crippen LogP contribution in [0, 0.1) is 0 Å². The van der Waals surface area contributed by atoms with Gasteiger partial charge in [-0.25, -0.2) is 0 Å². The van der Waals surface area contributed by atoms with Crippen molar-refractivity contribution in [1.82, 2.24) is 0 Å². The standard InChI is InChI=1S/C112H210O35/c1-22-29-36-43-50-57-64-127-92-85-78(71-113-8)134-106(99(92)120-15)142-86-79(72-114-9)136-108(101(122-17)93(86)128-65-58-51-44-37-30-23-2)144-88-81(74-116-11)138-110(103(124-19)95(88)130-67-60-53-46-39-32-25-4)146-90-83(76-118-13)140-112(105(126-21)97(90)132-69-62-55-48-41-34-27-6)147-91-84(77-119-14)139-111(104(125-20)98(91)133-70-63-56-49-42-35-28-7)145-89-82(75-117-12)137-109(102(123-18)96(89)131-68-61-54-47-40-33-26-5)143-87-80(73-115-10)135-107(141-85)100(121-16)94(87)129-66-59-52-45-38-31-24-3/h78-112H,22-77H2,1-21H3/t78-,79-,80-,81-,82-,83-,84-,85-,86-,87-,88-,89-,90-,91-,92+,93+,94+,95+,96+,97+,98+,99-,100-,101-,102-,103-,104-,105-,106-,107-,108-,109-,110-,111-,112-/m1/s1. The summed E-state index contributed by atoms with van der Waals surface area (Å²) >= 11 is 0. The second-order valence-corrected chi connectivity index (χ2v) is 41.3. The van der Waals surface area contributed by atoms with E-state index in [1.807, 2.05) is 0 Å². The van der Waals surface area contributed by atoms with Crippen LogP contribution in [0.1, 0.15) is 318 Å². The first-order valence-corrected chi connectivity index (χ1v) is 57.8. The first-order chi connectivity index (χ1) is 72.2. The van der Waals surface area contributed by atoms with Crippen LogP contribution in [0.4, 0.5) is 0 Å². The second-order valence-electron chi connectivity index (χ2n) is 41.3. The maximum absolute atomic E-state index is 7.67. The lowest BCUT2D eigenvalue weighted by atomic mass is 9.94. The summed E-state index contributed by atoms with van der Waals surface area (Å²) in [5, 5.41) is 0. The molecule has 21 heterocycles. The van der Waals surface area contributed by atoms with Gasteiger partial charge >= 0.3 is 0 Å². The van der Waals surface area contributed by atoms with Crippen molar-refractivity contribution < 1.29 is 166 Å². The minimum Gasteiger partial charge on any atom is -0.382 e. The van der Waals surface area contributed by atoms with Gasteiger partial charge in [-0.1, -0.05) is 273 Å². The number of ether oxygens (including phenoxy) is 35. The van der Waals surface area contributed by atoms with Crippen LogP contribution in [0.3, 0.4) is 0 Å². The highest BCUT2D eigenvalue weighted by molar-refractivity contribution is 5.05. The lowest BCUT2D eigenvalue weighted by Crippen LogP contribution is -2.69. The molecule has 21 aliphatic heterocycles. The van der Waals surface area contributed by atoms with Crippen molar-refractivity contribution in [3.63, 3.8) is 0 Å². The third-order valence-electron chi connectivity index (χ3n) is 30.1. The van der Waals surface area contributed by atoms with Gasteiger partial charge in [0.2, 0.25) is 0 Å². The van der Waals surface area contributed by atoms with Crippen molar-refractivity contribution in [3.05, 3.63) is 0 Å². The van der Waals surface area contributed by atoms with Crippen molar-refractivity contribution in [1.29, 1.82) is 0 Å². The first-order valence-electron chi connectivity index (χ1n) is 57.8. The molecule has 35 heteroatoms. The minimum atomic E-state index is -1.23. The van der Waals surface area contributed by atoms with Gasteiger partial charge in [-0.05, 0) is 44.9 Å². The molecule has 0 radical (unpaired) electrons. The van der Waals surface area contributed by atoms with Crippen LogP contribution in [-0.4, -0.2) is 407 Å². The summed E-state index contributed by atoms with van der Waals surface area (Å²) in [6.07, 6.45) is 5.96. The highest BCUT2D eigenvalue weighted by Crippen LogP contribution is 2.45. The summed E-state index contributed by atoms with van der Waals surface area (Å²) in [6, 6.07) is 0. The van der Waals surface area contributed by atoms with E-state index in [4.69, 9.17) is 166 Å². The number of hydrogen-bond acceptors (Lipinski definition) is 35. The van der Waals surface area contributed by atoms with Crippen molar-refractivity contribution in [3.8, 4) is 0 Å². The monoisotopic (exact) mass is 2120 g/mol. The molecule has 0 aliphatic carbocycles. The van der Waals surface area contributed by atoms with E-state index >= 15 is 0 Å². The molecule has 0 unspecified atom stereocenters. The van der Waals surface area contributed by atoms with Gasteiger partial charge in [0.15, 0.2) is 44.0 Å². The Kier molecular flexibility index (Phi) is 70.0. The molecule has 0 aromatic heterocycles. The van der Waals surface area contributed by atoms with E-state index in [-0.39, 0.29) is 46.2 Å². The molecule has 14 bridgehead atoms. The summed E-state index contributed by atoms with van der Waals surface area (Å²) in [5.41, 5.74) is 0. The highest BCUT2D eigenvalue weighted by atomic mass is 16.8. The topological polar surface area (TPSA) is 323 Å². The average Bonchev–Trinajstić information content (AvgIpc) is 0.885. The Bertz CT molecular complexity index is 2550. The van der Waals surface area contributed by atoms with Crippen LogP contribution in [0.15, 0.2) is 0 Å². The van der Waals surface area contributed by atoms with Gasteiger partial charge in [0.25, 0.3) is 0 Å². The molecule has 0 aromatic rings. The van der Waals surface area contributed by atoms with E-state index in [0.29, 0.717) is 46.2 Å². The number of rotatable bonds is 77. The maximum atomic E-state index is 7.67. The van der Waals surface area contributed by atoms with Crippen LogP contribution < -0.4 is 0 Å². The van der Waals surface area contributed by atoms with Crippen LogP contribution in [-0.2, 0) is 166 Å². The largest absolute Gasteiger partial charge is 0.382 e. The Labute approximate surface area is 886 Å². The van der Waals surface area contributed by atoms with E-state index in [2.05, 4.69) is 48.5 Å². The summed E-state index contributed by atoms with van der Waals surface area (Å²) in [4.78, 5) is 0. The SMILES string of the molecule is CCCCCCCCO[C@@H]1[C@@H](OC)[C@H]2O[C@H]3[C@H](OCCCCCCCC)[C@@H](OC)[C@@H](O[C@H]4[C@H](OCCCCCCCC)[C@@H](OC)[C@@H](O[C@H]5[C@H](OCCCCCCCC)[C@@H](OC)[C@@H](O[C@H]6[C@H](OCCCCCCCC)[C@@H](OC)[C@@H](O[C@H]7[C@H](OCCCCCCCC)[C@@H](OC)[C@@H](O[C@H]8[C@H](OCCCCCCCC)[C@@H](OC)[C@@H](O[C@@H]1[C@@H](COC)O2)O[C@@H]8COC)O[C@@H]7COC)O[C@@H]6COC)O[C@@H]5COC)O[C@@H]4COC)O[C@@H]3COC. The zero-order valence-corrected chi connectivity index (χ0v) is 95.1. The molecule has 21 aliphatic rings. The van der Waals surface area contributed by atoms with Crippen LogP contribution in [0.25, 0.3) is 0 Å². The van der Waals surface area contributed by atoms with E-state index in [9.17, 15) is 0 Å². The number of hydrogen-bond donors (Lipinski definition) is 0. The molecular weight excluding hydrogens is 1910 g/mol. The number of methoxy groups -OCH3 is 14. The van der Waals surface area contributed by atoms with Gasteiger partial charge in [-0.2, -0.15) is 0 Å². The van der Waals surface area contributed by atoms with E-state index in [1.54, 1.807) is 99.5 Å². The Balaban J connectivity index is 1.39. The lowest BCUT2D eigenvalue weighted by Gasteiger charge is -2.53. The predicted molar refractivity (Wildman–Crippen MR) is 555 cm³/mol. The molecule has 0 amide bonds. The van der Waals surface area contributed by atoms with Crippen molar-refractivity contribution in [2.45, 2.75) is 533 Å². The Morgan fingerprint density at radius 2 is 0.238 bits per heavy atom.